The molecule has 0 aliphatic rings. The molecule has 0 aliphatic carbocycles. The molecule has 5 nitrogen and oxygen atoms in total. The van der Waals surface area contributed by atoms with Crippen LogP contribution in [0.3, 0.4) is 0 Å². The quantitative estimate of drug-likeness (QED) is 0.735. The van der Waals surface area contributed by atoms with Crippen LogP contribution in [0, 0.1) is 6.92 Å². The lowest BCUT2D eigenvalue weighted by Crippen LogP contribution is -2.00. The number of nitrogens with one attached hydrogen (secondary N) is 1. The highest BCUT2D eigenvalue weighted by atomic mass is 16.4. The summed E-state index contributed by atoms with van der Waals surface area (Å²) < 4.78 is 0. The lowest BCUT2D eigenvalue weighted by atomic mass is 10.0. The fourth-order valence-corrected chi connectivity index (χ4v) is 2.12. The monoisotopic (exact) mass is 253 g/mol. The Labute approximate surface area is 108 Å². The number of carbonyl (C=O) groups is 1. The van der Waals surface area contributed by atoms with E-state index in [2.05, 4.69) is 15.2 Å². The van der Waals surface area contributed by atoms with Crippen LogP contribution < -0.4 is 0 Å². The number of hydrogen-bond donors (Lipinski definition) is 2. The number of benzene rings is 1. The van der Waals surface area contributed by atoms with Gasteiger partial charge in [-0.2, -0.15) is 5.10 Å². The third kappa shape index (κ3) is 1.95. The summed E-state index contributed by atoms with van der Waals surface area (Å²) in [6.07, 6.45) is 3.46. The van der Waals surface area contributed by atoms with Crippen LogP contribution in [0.5, 0.6) is 0 Å². The Kier molecular flexibility index (Phi) is 2.52. The minimum atomic E-state index is -0.945. The molecule has 2 N–H and O–H groups in total. The average Bonchev–Trinajstić information content (AvgIpc) is 2.91. The van der Waals surface area contributed by atoms with Crippen molar-refractivity contribution in [2.45, 2.75) is 6.92 Å². The summed E-state index contributed by atoms with van der Waals surface area (Å²) in [5.41, 5.74) is 3.48. The predicted molar refractivity (Wildman–Crippen MR) is 71.0 cm³/mol. The van der Waals surface area contributed by atoms with E-state index < -0.39 is 5.97 Å². The standard InChI is InChI=1S/C14H11N3O2/c1-8-4-12(14(18)19)11-5-9(2-3-13(11)17-8)10-6-15-16-7-10/h2-7H,1H3,(H,15,16)(H,18,19). The Morgan fingerprint density at radius 1 is 1.26 bits per heavy atom. The molecule has 19 heavy (non-hydrogen) atoms. The smallest absolute Gasteiger partial charge is 0.336 e. The van der Waals surface area contributed by atoms with E-state index in [1.54, 1.807) is 25.4 Å². The lowest BCUT2D eigenvalue weighted by molar-refractivity contribution is 0.0699. The second-order valence-corrected chi connectivity index (χ2v) is 4.34. The maximum Gasteiger partial charge on any atom is 0.336 e. The molecule has 3 aromatic rings. The molecule has 0 atom stereocenters. The molecule has 2 heterocycles. The molecule has 1 aromatic carbocycles. The Hall–Kier alpha value is -2.69. The molecule has 0 unspecified atom stereocenters. The molecule has 0 spiro atoms. The molecule has 94 valence electrons. The summed E-state index contributed by atoms with van der Waals surface area (Å²) in [7, 11) is 0. The Balaban J connectivity index is 2.30. The maximum absolute atomic E-state index is 11.3. The fourth-order valence-electron chi connectivity index (χ4n) is 2.12. The van der Waals surface area contributed by atoms with E-state index in [4.69, 9.17) is 0 Å². The molecule has 0 radical (unpaired) electrons. The second-order valence-electron chi connectivity index (χ2n) is 4.34. The predicted octanol–water partition coefficient (Wildman–Crippen LogP) is 2.63. The van der Waals surface area contributed by atoms with Gasteiger partial charge in [-0.1, -0.05) is 6.07 Å². The van der Waals surface area contributed by atoms with Crippen LogP contribution >= 0.6 is 0 Å². The average molecular weight is 253 g/mol. The molecular formula is C14H11N3O2. The summed E-state index contributed by atoms with van der Waals surface area (Å²) in [5, 5.41) is 16.6. The summed E-state index contributed by atoms with van der Waals surface area (Å²) in [6, 6.07) is 7.16. The number of nitrogens with zero attached hydrogens (tertiary/aromatic N) is 2. The number of H-pyrrole nitrogens is 1. The molecule has 0 amide bonds. The van der Waals surface area contributed by atoms with Crippen LogP contribution in [0.4, 0.5) is 0 Å². The second kappa shape index (κ2) is 4.20. The van der Waals surface area contributed by atoms with Crippen molar-refractivity contribution in [1.29, 1.82) is 0 Å². The topological polar surface area (TPSA) is 78.9 Å². The normalized spacial score (nSPS) is 10.8. The van der Waals surface area contributed by atoms with Crippen molar-refractivity contribution in [3.63, 3.8) is 0 Å². The Morgan fingerprint density at radius 3 is 2.79 bits per heavy atom. The first-order valence-corrected chi connectivity index (χ1v) is 5.79. The minimum absolute atomic E-state index is 0.271. The van der Waals surface area contributed by atoms with E-state index in [1.807, 2.05) is 18.2 Å². The van der Waals surface area contributed by atoms with Crippen molar-refractivity contribution >= 4 is 16.9 Å². The van der Waals surface area contributed by atoms with Crippen molar-refractivity contribution in [3.8, 4) is 11.1 Å². The van der Waals surface area contributed by atoms with E-state index in [0.29, 0.717) is 16.6 Å². The van der Waals surface area contributed by atoms with Gasteiger partial charge in [0.1, 0.15) is 0 Å². The third-order valence-corrected chi connectivity index (χ3v) is 3.00. The van der Waals surface area contributed by atoms with Gasteiger partial charge in [-0.25, -0.2) is 4.79 Å². The summed E-state index contributed by atoms with van der Waals surface area (Å²) in [6.45, 7) is 1.79. The number of aryl methyl sites for hydroxylation is 1. The number of hydrogen-bond acceptors (Lipinski definition) is 3. The number of pyridine rings is 1. The van der Waals surface area contributed by atoms with Crippen LogP contribution in [0.2, 0.25) is 0 Å². The highest BCUT2D eigenvalue weighted by Gasteiger charge is 2.11. The number of rotatable bonds is 2. The largest absolute Gasteiger partial charge is 0.478 e. The zero-order valence-corrected chi connectivity index (χ0v) is 10.2. The molecule has 0 saturated heterocycles. The van der Waals surface area contributed by atoms with E-state index in [1.165, 1.54) is 0 Å². The van der Waals surface area contributed by atoms with Crippen LogP contribution in [-0.4, -0.2) is 26.3 Å². The zero-order valence-electron chi connectivity index (χ0n) is 10.2. The summed E-state index contributed by atoms with van der Waals surface area (Å²) in [4.78, 5) is 15.7. The van der Waals surface area contributed by atoms with Gasteiger partial charge in [0.05, 0.1) is 17.3 Å². The van der Waals surface area contributed by atoms with Crippen molar-refractivity contribution < 1.29 is 9.90 Å². The zero-order chi connectivity index (χ0) is 13.4. The first-order chi connectivity index (χ1) is 9.15. The van der Waals surface area contributed by atoms with Gasteiger partial charge in [0.15, 0.2) is 0 Å². The van der Waals surface area contributed by atoms with Gasteiger partial charge < -0.3 is 5.11 Å². The van der Waals surface area contributed by atoms with Gasteiger partial charge in [0.25, 0.3) is 0 Å². The first-order valence-electron chi connectivity index (χ1n) is 5.79. The van der Waals surface area contributed by atoms with Crippen LogP contribution in [0.25, 0.3) is 22.0 Å². The van der Waals surface area contributed by atoms with Crippen molar-refractivity contribution in [2.75, 3.05) is 0 Å². The SMILES string of the molecule is Cc1cc(C(=O)O)c2cc(-c3cn[nH]c3)ccc2n1. The molecule has 0 fully saturated rings. The number of aromatic carboxylic acids is 1. The number of aromatic nitrogens is 3. The molecule has 5 heteroatoms. The van der Waals surface area contributed by atoms with Gasteiger partial charge in [0.2, 0.25) is 0 Å². The van der Waals surface area contributed by atoms with Crippen LogP contribution in [-0.2, 0) is 0 Å². The molecule has 2 aromatic heterocycles. The Morgan fingerprint density at radius 2 is 2.11 bits per heavy atom. The summed E-state index contributed by atoms with van der Waals surface area (Å²) in [5.74, 6) is -0.945. The van der Waals surface area contributed by atoms with Gasteiger partial charge in [0, 0.05) is 22.8 Å². The van der Waals surface area contributed by atoms with Gasteiger partial charge in [-0.15, -0.1) is 0 Å². The minimum Gasteiger partial charge on any atom is -0.478 e. The van der Waals surface area contributed by atoms with Gasteiger partial charge in [-0.05, 0) is 30.7 Å². The number of fused-ring (bicyclic) bond motifs is 1. The van der Waals surface area contributed by atoms with Gasteiger partial charge in [-0.3, -0.25) is 10.1 Å². The highest BCUT2D eigenvalue weighted by Crippen LogP contribution is 2.25. The molecule has 0 aliphatic heterocycles. The first kappa shape index (κ1) is 11.4. The lowest BCUT2D eigenvalue weighted by Gasteiger charge is -2.06. The van der Waals surface area contributed by atoms with E-state index >= 15 is 0 Å². The van der Waals surface area contributed by atoms with Crippen LogP contribution in [0.1, 0.15) is 16.1 Å². The third-order valence-electron chi connectivity index (χ3n) is 3.00. The molecule has 0 bridgehead atoms. The van der Waals surface area contributed by atoms with E-state index in [0.717, 1.165) is 11.1 Å². The van der Waals surface area contributed by atoms with Crippen LogP contribution in [0.15, 0.2) is 36.7 Å². The maximum atomic E-state index is 11.3. The summed E-state index contributed by atoms with van der Waals surface area (Å²) >= 11 is 0. The van der Waals surface area contributed by atoms with Gasteiger partial charge >= 0.3 is 5.97 Å². The molecule has 3 rings (SSSR count). The highest BCUT2D eigenvalue weighted by molar-refractivity contribution is 6.03. The number of carboxylic acids is 1. The van der Waals surface area contributed by atoms with Crippen molar-refractivity contribution in [2.24, 2.45) is 0 Å². The van der Waals surface area contributed by atoms with E-state index in [-0.39, 0.29) is 5.56 Å². The van der Waals surface area contributed by atoms with Crippen molar-refractivity contribution in [1.82, 2.24) is 15.2 Å². The molecular weight excluding hydrogens is 242 g/mol. The fraction of sp³-hybridized carbons (Fsp3) is 0.0714. The van der Waals surface area contributed by atoms with Crippen molar-refractivity contribution in [3.05, 3.63) is 47.9 Å². The molecule has 0 saturated carbocycles. The number of aromatic amines is 1. The number of carboxylic acid groups (broad SMARTS) is 1. The van der Waals surface area contributed by atoms with E-state index in [9.17, 15) is 9.90 Å². The Bertz CT molecular complexity index is 764.